The second kappa shape index (κ2) is 7.33. The number of aromatic carboxylic acids is 1. The summed E-state index contributed by atoms with van der Waals surface area (Å²) in [6.45, 7) is 0. The molecule has 0 spiro atoms. The number of carbonyl (C=O) groups is 2. The van der Waals surface area contributed by atoms with Crippen LogP contribution in [0.4, 0.5) is 5.69 Å². The average molecular weight is 464 g/mol. The van der Waals surface area contributed by atoms with Crippen molar-refractivity contribution in [3.8, 4) is 5.75 Å². The Morgan fingerprint density at radius 2 is 1.87 bits per heavy atom. The van der Waals surface area contributed by atoms with E-state index in [1.807, 2.05) is 0 Å². The van der Waals surface area contributed by atoms with Crippen LogP contribution >= 0.6 is 43.5 Å². The number of benzene rings is 2. The van der Waals surface area contributed by atoms with Crippen LogP contribution < -0.4 is 10.1 Å². The van der Waals surface area contributed by atoms with Crippen molar-refractivity contribution < 1.29 is 19.4 Å². The molecular weight excluding hydrogens is 453 g/mol. The number of amides is 1. The van der Waals surface area contributed by atoms with Gasteiger partial charge in [-0.1, -0.05) is 27.5 Å². The maximum Gasteiger partial charge on any atom is 0.337 e. The lowest BCUT2D eigenvalue weighted by Gasteiger charge is -2.13. The summed E-state index contributed by atoms with van der Waals surface area (Å²) >= 11 is 12.4. The number of carboxylic acids is 1. The smallest absolute Gasteiger partial charge is 0.337 e. The first kappa shape index (κ1) is 17.8. The van der Waals surface area contributed by atoms with Gasteiger partial charge in [0, 0.05) is 9.50 Å². The van der Waals surface area contributed by atoms with Crippen molar-refractivity contribution in [3.63, 3.8) is 0 Å². The lowest BCUT2D eigenvalue weighted by molar-refractivity contribution is 0.0698. The summed E-state index contributed by atoms with van der Waals surface area (Å²) in [5.41, 5.74) is 0.295. The van der Waals surface area contributed by atoms with E-state index >= 15 is 0 Å². The summed E-state index contributed by atoms with van der Waals surface area (Å²) in [7, 11) is 1.44. The Labute approximate surface area is 153 Å². The van der Waals surface area contributed by atoms with E-state index in [-0.39, 0.29) is 21.8 Å². The number of nitrogens with one attached hydrogen (secondary N) is 1. The van der Waals surface area contributed by atoms with Gasteiger partial charge in [0.1, 0.15) is 5.75 Å². The van der Waals surface area contributed by atoms with Gasteiger partial charge >= 0.3 is 5.97 Å². The molecule has 0 unspecified atom stereocenters. The van der Waals surface area contributed by atoms with Gasteiger partial charge < -0.3 is 15.2 Å². The zero-order valence-electron chi connectivity index (χ0n) is 11.7. The maximum atomic E-state index is 12.5. The molecule has 0 aromatic heterocycles. The van der Waals surface area contributed by atoms with Gasteiger partial charge in [0.05, 0.1) is 28.4 Å². The van der Waals surface area contributed by atoms with Gasteiger partial charge in [-0.25, -0.2) is 4.79 Å². The number of methoxy groups -OCH3 is 1. The van der Waals surface area contributed by atoms with Crippen molar-refractivity contribution >= 4 is 61.0 Å². The van der Waals surface area contributed by atoms with Gasteiger partial charge in [-0.15, -0.1) is 0 Å². The minimum Gasteiger partial charge on any atom is -0.495 e. The quantitative estimate of drug-likeness (QED) is 0.682. The summed E-state index contributed by atoms with van der Waals surface area (Å²) in [5, 5.41) is 12.0. The predicted molar refractivity (Wildman–Crippen MR) is 94.8 cm³/mol. The summed E-state index contributed by atoms with van der Waals surface area (Å²) in [6, 6.07) is 7.52. The molecule has 0 atom stereocenters. The van der Waals surface area contributed by atoms with Crippen LogP contribution in [0.25, 0.3) is 0 Å². The van der Waals surface area contributed by atoms with Gasteiger partial charge in [-0.2, -0.15) is 0 Å². The largest absolute Gasteiger partial charge is 0.495 e. The molecular formula is C15H10Br2ClNO4. The lowest BCUT2D eigenvalue weighted by Crippen LogP contribution is -2.16. The van der Waals surface area contributed by atoms with E-state index in [0.717, 1.165) is 0 Å². The van der Waals surface area contributed by atoms with Gasteiger partial charge in [-0.3, -0.25) is 4.79 Å². The van der Waals surface area contributed by atoms with Crippen molar-refractivity contribution in [3.05, 3.63) is 55.4 Å². The van der Waals surface area contributed by atoms with Crippen molar-refractivity contribution in [2.45, 2.75) is 0 Å². The number of hydrogen-bond donors (Lipinski definition) is 2. The molecule has 2 rings (SSSR count). The van der Waals surface area contributed by atoms with Gasteiger partial charge in [0.2, 0.25) is 0 Å². The van der Waals surface area contributed by atoms with Crippen LogP contribution in [0.5, 0.6) is 5.75 Å². The second-order valence-corrected chi connectivity index (χ2v) is 6.62. The molecule has 0 aliphatic heterocycles. The normalized spacial score (nSPS) is 10.3. The summed E-state index contributed by atoms with van der Waals surface area (Å²) < 4.78 is 6.48. The van der Waals surface area contributed by atoms with Crippen LogP contribution in [-0.4, -0.2) is 24.1 Å². The van der Waals surface area contributed by atoms with E-state index < -0.39 is 11.9 Å². The highest BCUT2D eigenvalue weighted by Crippen LogP contribution is 2.33. The van der Waals surface area contributed by atoms with Gasteiger partial charge in [0.25, 0.3) is 5.91 Å². The molecule has 0 heterocycles. The lowest BCUT2D eigenvalue weighted by atomic mass is 10.1. The average Bonchev–Trinajstić information content (AvgIpc) is 2.48. The molecule has 1 amide bonds. The van der Waals surface area contributed by atoms with E-state index in [1.54, 1.807) is 12.1 Å². The summed E-state index contributed by atoms with van der Waals surface area (Å²) in [5.74, 6) is -1.35. The molecule has 5 nitrogen and oxygen atoms in total. The zero-order chi connectivity index (χ0) is 17.1. The number of carboxylic acid groups (broad SMARTS) is 1. The molecule has 2 aromatic carbocycles. The Hall–Kier alpha value is -1.57. The number of anilines is 1. The molecule has 0 fully saturated rings. The van der Waals surface area contributed by atoms with Gasteiger partial charge in [-0.05, 0) is 46.3 Å². The first-order valence-electron chi connectivity index (χ1n) is 6.20. The first-order valence-corrected chi connectivity index (χ1v) is 8.17. The number of hydrogen-bond acceptors (Lipinski definition) is 3. The molecule has 0 bridgehead atoms. The SMILES string of the molecule is COc1c(Br)cc(Br)cc1C(=O)Nc1ccc(Cl)cc1C(=O)O. The van der Waals surface area contributed by atoms with Crippen LogP contribution in [-0.2, 0) is 0 Å². The van der Waals surface area contributed by atoms with Crippen LogP contribution in [0, 0.1) is 0 Å². The fourth-order valence-corrected chi connectivity index (χ4v) is 3.49. The fourth-order valence-electron chi connectivity index (χ4n) is 1.93. The molecule has 2 aromatic rings. The molecule has 120 valence electrons. The molecule has 0 aliphatic rings. The number of carbonyl (C=O) groups excluding carboxylic acids is 1. The standard InChI is InChI=1S/C15H10Br2ClNO4/c1-23-13-10(4-7(16)5-11(13)17)14(20)19-12-3-2-8(18)6-9(12)15(21)22/h2-6H,1H3,(H,19,20)(H,21,22). The van der Waals surface area contributed by atoms with E-state index in [0.29, 0.717) is 14.7 Å². The summed E-state index contributed by atoms with van der Waals surface area (Å²) in [4.78, 5) is 23.8. The minimum absolute atomic E-state index is 0.0983. The third-order valence-electron chi connectivity index (χ3n) is 2.92. The van der Waals surface area contributed by atoms with Crippen LogP contribution in [0.2, 0.25) is 5.02 Å². The van der Waals surface area contributed by atoms with E-state index in [9.17, 15) is 14.7 Å². The Balaban J connectivity index is 2.43. The second-order valence-electron chi connectivity index (χ2n) is 4.42. The zero-order valence-corrected chi connectivity index (χ0v) is 15.6. The molecule has 0 aliphatic carbocycles. The molecule has 0 saturated carbocycles. The van der Waals surface area contributed by atoms with E-state index in [2.05, 4.69) is 37.2 Å². The highest BCUT2D eigenvalue weighted by molar-refractivity contribution is 9.11. The third-order valence-corrected chi connectivity index (χ3v) is 4.20. The molecule has 2 N–H and O–H groups in total. The highest BCUT2D eigenvalue weighted by atomic mass is 79.9. The number of ether oxygens (including phenoxy) is 1. The fraction of sp³-hybridized carbons (Fsp3) is 0.0667. The Morgan fingerprint density at radius 3 is 2.48 bits per heavy atom. The third kappa shape index (κ3) is 4.04. The maximum absolute atomic E-state index is 12.5. The number of halogens is 3. The van der Waals surface area contributed by atoms with E-state index in [4.69, 9.17) is 16.3 Å². The van der Waals surface area contributed by atoms with Crippen molar-refractivity contribution in [1.29, 1.82) is 0 Å². The molecule has 0 saturated heterocycles. The van der Waals surface area contributed by atoms with Crippen LogP contribution in [0.15, 0.2) is 39.3 Å². The minimum atomic E-state index is -1.19. The van der Waals surface area contributed by atoms with E-state index in [1.165, 1.54) is 25.3 Å². The molecule has 8 heteroatoms. The highest BCUT2D eigenvalue weighted by Gasteiger charge is 2.19. The Morgan fingerprint density at radius 1 is 1.17 bits per heavy atom. The van der Waals surface area contributed by atoms with Crippen LogP contribution in [0.3, 0.4) is 0 Å². The van der Waals surface area contributed by atoms with Gasteiger partial charge in [0.15, 0.2) is 0 Å². The van der Waals surface area contributed by atoms with Crippen LogP contribution in [0.1, 0.15) is 20.7 Å². The van der Waals surface area contributed by atoms with Crippen molar-refractivity contribution in [2.75, 3.05) is 12.4 Å². The number of rotatable bonds is 4. The van der Waals surface area contributed by atoms with Crippen molar-refractivity contribution in [2.24, 2.45) is 0 Å². The molecule has 23 heavy (non-hydrogen) atoms. The van der Waals surface area contributed by atoms with Crippen molar-refractivity contribution in [1.82, 2.24) is 0 Å². The molecule has 0 radical (unpaired) electrons. The Kier molecular flexibility index (Phi) is 5.67. The topological polar surface area (TPSA) is 75.6 Å². The monoisotopic (exact) mass is 461 g/mol. The summed E-state index contributed by atoms with van der Waals surface area (Å²) in [6.07, 6.45) is 0. The Bertz CT molecular complexity index is 795. The first-order chi connectivity index (χ1) is 10.8. The predicted octanol–water partition coefficient (Wildman–Crippen LogP) is 4.82.